The second-order valence-electron chi connectivity index (χ2n) is 8.98. The number of ether oxygens (including phenoxy) is 2. The number of rotatable bonds is 7. The van der Waals surface area contributed by atoms with Crippen LogP contribution in [0.1, 0.15) is 35.7 Å². The Morgan fingerprint density at radius 1 is 1.00 bits per heavy atom. The first kappa shape index (κ1) is 24.1. The largest absolute Gasteiger partial charge is 0.495 e. The predicted molar refractivity (Wildman–Crippen MR) is 132 cm³/mol. The molecule has 2 heterocycles. The third-order valence-electron chi connectivity index (χ3n) is 6.71. The van der Waals surface area contributed by atoms with Crippen molar-refractivity contribution in [2.75, 3.05) is 57.9 Å². The van der Waals surface area contributed by atoms with Crippen LogP contribution in [0.3, 0.4) is 0 Å². The Kier molecular flexibility index (Phi) is 8.06. The van der Waals surface area contributed by atoms with E-state index in [2.05, 4.69) is 21.9 Å². The molecule has 0 saturated carbocycles. The summed E-state index contributed by atoms with van der Waals surface area (Å²) in [7, 11) is 1.71. The van der Waals surface area contributed by atoms with Crippen molar-refractivity contribution >= 4 is 17.6 Å². The number of nitrogens with zero attached hydrogens (tertiary/aromatic N) is 3. The maximum atomic E-state index is 13.2. The monoisotopic (exact) mass is 465 g/mol. The van der Waals surface area contributed by atoms with Gasteiger partial charge in [-0.3, -0.25) is 14.5 Å². The zero-order valence-electron chi connectivity index (χ0n) is 20.2. The number of carbonyl (C=O) groups excluding carboxylic acids is 2. The number of anilines is 1. The molecule has 7 heteroatoms. The van der Waals surface area contributed by atoms with Gasteiger partial charge in [0, 0.05) is 51.4 Å². The molecule has 2 aromatic rings. The molecule has 1 amide bonds. The first-order valence-corrected chi connectivity index (χ1v) is 12.2. The molecule has 0 spiro atoms. The van der Waals surface area contributed by atoms with Crippen molar-refractivity contribution in [3.8, 4) is 5.75 Å². The summed E-state index contributed by atoms with van der Waals surface area (Å²) in [5.74, 6) is 0.489. The van der Waals surface area contributed by atoms with E-state index in [1.54, 1.807) is 12.0 Å². The van der Waals surface area contributed by atoms with Crippen molar-refractivity contribution in [2.24, 2.45) is 5.92 Å². The van der Waals surface area contributed by atoms with Crippen LogP contribution >= 0.6 is 0 Å². The fraction of sp³-hybridized carbons (Fsp3) is 0.481. The normalized spacial score (nSPS) is 19.1. The maximum Gasteiger partial charge on any atom is 0.310 e. The van der Waals surface area contributed by atoms with E-state index in [4.69, 9.17) is 9.47 Å². The van der Waals surface area contributed by atoms with E-state index in [9.17, 15) is 9.59 Å². The first-order chi connectivity index (χ1) is 16.6. The van der Waals surface area contributed by atoms with E-state index in [-0.39, 0.29) is 17.8 Å². The van der Waals surface area contributed by atoms with Crippen molar-refractivity contribution < 1.29 is 19.1 Å². The summed E-state index contributed by atoms with van der Waals surface area (Å²) in [6.07, 6.45) is 1.61. The predicted octanol–water partition coefficient (Wildman–Crippen LogP) is 3.43. The molecule has 0 N–H and O–H groups in total. The standard InChI is InChI=1S/C27H35N3O4/c1-3-34-27(32)23-10-7-13-30(20-23)26(31)22-9-6-8-21(18-22)19-28-14-16-29(17-15-28)24-11-4-5-12-25(24)33-2/h4-6,8-9,11-12,18,23H,3,7,10,13-17,19-20H2,1-2H3. The summed E-state index contributed by atoms with van der Waals surface area (Å²) in [6, 6.07) is 16.1. The third kappa shape index (κ3) is 5.70. The van der Waals surface area contributed by atoms with E-state index in [1.165, 1.54) is 0 Å². The van der Waals surface area contributed by atoms with Gasteiger partial charge in [-0.2, -0.15) is 0 Å². The van der Waals surface area contributed by atoms with Gasteiger partial charge < -0.3 is 19.3 Å². The number of piperazine rings is 1. The fourth-order valence-corrected chi connectivity index (χ4v) is 4.90. The molecule has 1 unspecified atom stereocenters. The molecule has 182 valence electrons. The Bertz CT molecular complexity index is 987. The summed E-state index contributed by atoms with van der Waals surface area (Å²) >= 11 is 0. The molecule has 4 rings (SSSR count). The number of piperidine rings is 1. The lowest BCUT2D eigenvalue weighted by molar-refractivity contribution is -0.149. The summed E-state index contributed by atoms with van der Waals surface area (Å²) < 4.78 is 10.7. The maximum absolute atomic E-state index is 13.2. The fourth-order valence-electron chi connectivity index (χ4n) is 4.90. The zero-order chi connectivity index (χ0) is 23.9. The van der Waals surface area contributed by atoms with Gasteiger partial charge in [-0.25, -0.2) is 0 Å². The molecule has 0 aliphatic carbocycles. The number of likely N-dealkylation sites (tertiary alicyclic amines) is 1. The van der Waals surface area contributed by atoms with Crippen LogP contribution in [0.15, 0.2) is 48.5 Å². The molecule has 2 aliphatic heterocycles. The summed E-state index contributed by atoms with van der Waals surface area (Å²) in [5.41, 5.74) is 2.96. The lowest BCUT2D eigenvalue weighted by atomic mass is 9.97. The number of esters is 1. The summed E-state index contributed by atoms with van der Waals surface area (Å²) in [4.78, 5) is 31.9. The van der Waals surface area contributed by atoms with Gasteiger partial charge in [0.2, 0.25) is 0 Å². The average Bonchev–Trinajstić information content (AvgIpc) is 2.89. The van der Waals surface area contributed by atoms with Gasteiger partial charge in [0.1, 0.15) is 5.75 Å². The Morgan fingerprint density at radius 2 is 1.79 bits per heavy atom. The SMILES string of the molecule is CCOC(=O)C1CCCN(C(=O)c2cccc(CN3CCN(c4ccccc4OC)CC3)c2)C1. The minimum atomic E-state index is -0.222. The van der Waals surface area contributed by atoms with E-state index < -0.39 is 0 Å². The minimum Gasteiger partial charge on any atom is -0.495 e. The van der Waals surface area contributed by atoms with Crippen LogP contribution in [0.4, 0.5) is 5.69 Å². The summed E-state index contributed by atoms with van der Waals surface area (Å²) in [6.45, 7) is 7.88. The highest BCUT2D eigenvalue weighted by Crippen LogP contribution is 2.28. The summed E-state index contributed by atoms with van der Waals surface area (Å²) in [5, 5.41) is 0. The molecular weight excluding hydrogens is 430 g/mol. The molecule has 7 nitrogen and oxygen atoms in total. The smallest absolute Gasteiger partial charge is 0.310 e. The number of benzene rings is 2. The average molecular weight is 466 g/mol. The molecule has 2 fully saturated rings. The zero-order valence-corrected chi connectivity index (χ0v) is 20.2. The minimum absolute atomic E-state index is 0.00293. The van der Waals surface area contributed by atoms with E-state index in [1.807, 2.05) is 43.3 Å². The topological polar surface area (TPSA) is 62.3 Å². The molecule has 1 atom stereocenters. The number of carbonyl (C=O) groups is 2. The second kappa shape index (κ2) is 11.4. The second-order valence-corrected chi connectivity index (χ2v) is 8.98. The van der Waals surface area contributed by atoms with E-state index in [0.717, 1.165) is 62.6 Å². The van der Waals surface area contributed by atoms with Gasteiger partial charge in [-0.15, -0.1) is 0 Å². The lowest BCUT2D eigenvalue weighted by Gasteiger charge is -2.36. The molecule has 0 aromatic heterocycles. The highest BCUT2D eigenvalue weighted by Gasteiger charge is 2.30. The third-order valence-corrected chi connectivity index (χ3v) is 6.71. The molecule has 2 aliphatic rings. The van der Waals surface area contributed by atoms with Gasteiger partial charge in [-0.1, -0.05) is 24.3 Å². The molecule has 2 saturated heterocycles. The van der Waals surface area contributed by atoms with Gasteiger partial charge in [0.25, 0.3) is 5.91 Å². The van der Waals surface area contributed by atoms with E-state index >= 15 is 0 Å². The number of hydrogen-bond donors (Lipinski definition) is 0. The van der Waals surface area contributed by atoms with Crippen molar-refractivity contribution in [3.63, 3.8) is 0 Å². The Hall–Kier alpha value is -3.06. The van der Waals surface area contributed by atoms with Crippen molar-refractivity contribution in [1.29, 1.82) is 0 Å². The lowest BCUT2D eigenvalue weighted by Crippen LogP contribution is -2.46. The van der Waals surface area contributed by atoms with Crippen LogP contribution < -0.4 is 9.64 Å². The van der Waals surface area contributed by atoms with Gasteiger partial charge >= 0.3 is 5.97 Å². The van der Waals surface area contributed by atoms with Gasteiger partial charge in [-0.05, 0) is 49.6 Å². The van der Waals surface area contributed by atoms with Crippen molar-refractivity contribution in [1.82, 2.24) is 9.80 Å². The number of methoxy groups -OCH3 is 1. The van der Waals surface area contributed by atoms with Gasteiger partial charge in [0.15, 0.2) is 0 Å². The molecule has 2 aromatic carbocycles. The van der Waals surface area contributed by atoms with Crippen LogP contribution in [0.2, 0.25) is 0 Å². The van der Waals surface area contributed by atoms with E-state index in [0.29, 0.717) is 25.3 Å². The highest BCUT2D eigenvalue weighted by atomic mass is 16.5. The number of hydrogen-bond acceptors (Lipinski definition) is 6. The van der Waals surface area contributed by atoms with Crippen LogP contribution in [-0.4, -0.2) is 74.7 Å². The Labute approximate surface area is 202 Å². The van der Waals surface area contributed by atoms with Crippen LogP contribution in [0.25, 0.3) is 0 Å². The molecular formula is C27H35N3O4. The van der Waals surface area contributed by atoms with Crippen molar-refractivity contribution in [3.05, 3.63) is 59.7 Å². The molecule has 0 bridgehead atoms. The first-order valence-electron chi connectivity index (χ1n) is 12.2. The number of amides is 1. The van der Waals surface area contributed by atoms with Crippen LogP contribution in [0, 0.1) is 5.92 Å². The Balaban J connectivity index is 1.34. The van der Waals surface area contributed by atoms with Crippen LogP contribution in [0.5, 0.6) is 5.75 Å². The highest BCUT2D eigenvalue weighted by molar-refractivity contribution is 5.94. The Morgan fingerprint density at radius 3 is 2.56 bits per heavy atom. The van der Waals surface area contributed by atoms with Crippen LogP contribution in [-0.2, 0) is 16.1 Å². The van der Waals surface area contributed by atoms with Crippen molar-refractivity contribution in [2.45, 2.75) is 26.3 Å². The number of para-hydroxylation sites is 2. The quantitative estimate of drug-likeness (QED) is 0.584. The molecule has 0 radical (unpaired) electrons. The van der Waals surface area contributed by atoms with Gasteiger partial charge in [0.05, 0.1) is 25.3 Å². The molecule has 34 heavy (non-hydrogen) atoms.